The molecule has 278 valence electrons. The molecule has 7 heteroatoms. The molecule has 0 spiro atoms. The number of likely N-dealkylation sites (N-methyl/N-ethyl adjacent to an activating group) is 1. The Morgan fingerprint density at radius 3 is 2.09 bits per heavy atom. The van der Waals surface area contributed by atoms with Crippen LogP contribution in [0.3, 0.4) is 0 Å². The van der Waals surface area contributed by atoms with Crippen LogP contribution in [-0.2, 0) is 20.9 Å². The SMILES string of the molecule is CN1c2ccc3ccccc3c2C(C)(C)C1C/C=C1\CCCC(/C=C/C2=[N+](C)c3ccc4ccccc4c3C2(C)C)=C1Cl.Cc1ccc(S(=O)(=O)[O-])cc1. The summed E-state index contributed by atoms with van der Waals surface area (Å²) in [6.07, 6.45) is 11.2. The van der Waals surface area contributed by atoms with Crippen LogP contribution in [0.4, 0.5) is 11.4 Å². The van der Waals surface area contributed by atoms with E-state index in [0.29, 0.717) is 6.04 Å². The third kappa shape index (κ3) is 6.74. The van der Waals surface area contributed by atoms with Gasteiger partial charge < -0.3 is 9.45 Å². The van der Waals surface area contributed by atoms with Crippen molar-refractivity contribution in [3.8, 4) is 0 Å². The number of halogens is 1. The van der Waals surface area contributed by atoms with Crippen LogP contribution < -0.4 is 4.90 Å². The second-order valence-corrected chi connectivity index (χ2v) is 17.8. The van der Waals surface area contributed by atoms with Crippen molar-refractivity contribution < 1.29 is 17.5 Å². The average Bonchev–Trinajstić information content (AvgIpc) is 3.47. The van der Waals surface area contributed by atoms with E-state index in [1.165, 1.54) is 73.0 Å². The Morgan fingerprint density at radius 1 is 0.833 bits per heavy atom. The lowest BCUT2D eigenvalue weighted by atomic mass is 9.77. The maximum atomic E-state index is 10.4. The van der Waals surface area contributed by atoms with E-state index in [4.69, 9.17) is 11.6 Å². The summed E-state index contributed by atoms with van der Waals surface area (Å²) in [5.74, 6) is 0. The molecule has 3 aliphatic rings. The van der Waals surface area contributed by atoms with E-state index in [-0.39, 0.29) is 15.7 Å². The molecule has 1 unspecified atom stereocenters. The second-order valence-electron chi connectivity index (χ2n) is 16.0. The van der Waals surface area contributed by atoms with Crippen molar-refractivity contribution in [1.29, 1.82) is 0 Å². The molecule has 5 nitrogen and oxygen atoms in total. The molecule has 0 aromatic heterocycles. The van der Waals surface area contributed by atoms with Crippen molar-refractivity contribution >= 4 is 60.4 Å². The van der Waals surface area contributed by atoms with E-state index < -0.39 is 10.1 Å². The van der Waals surface area contributed by atoms with Crippen molar-refractivity contribution in [2.75, 3.05) is 19.0 Å². The van der Waals surface area contributed by atoms with Crippen molar-refractivity contribution in [1.82, 2.24) is 0 Å². The summed E-state index contributed by atoms with van der Waals surface area (Å²) >= 11 is 7.19. The molecule has 1 aliphatic carbocycles. The van der Waals surface area contributed by atoms with Gasteiger partial charge in [0.2, 0.25) is 5.69 Å². The van der Waals surface area contributed by atoms with Crippen LogP contribution in [-0.4, -0.2) is 43.4 Å². The number of benzene rings is 5. The highest BCUT2D eigenvalue weighted by atomic mass is 35.5. The van der Waals surface area contributed by atoms with Crippen molar-refractivity contribution in [2.45, 2.75) is 82.1 Å². The van der Waals surface area contributed by atoms with Gasteiger partial charge in [-0.25, -0.2) is 8.42 Å². The Morgan fingerprint density at radius 2 is 1.44 bits per heavy atom. The number of rotatable bonds is 5. The predicted octanol–water partition coefficient (Wildman–Crippen LogP) is 11.2. The third-order valence-electron chi connectivity index (χ3n) is 11.9. The first-order valence-electron chi connectivity index (χ1n) is 18.8. The minimum Gasteiger partial charge on any atom is -0.744 e. The molecule has 0 bridgehead atoms. The quantitative estimate of drug-likeness (QED) is 0.132. The summed E-state index contributed by atoms with van der Waals surface area (Å²) in [4.78, 5) is 2.32. The lowest BCUT2D eigenvalue weighted by Crippen LogP contribution is -2.39. The van der Waals surface area contributed by atoms with E-state index in [1.54, 1.807) is 12.1 Å². The number of fused-ring (bicyclic) bond motifs is 6. The molecular weight excluding hydrogens is 708 g/mol. The van der Waals surface area contributed by atoms with Crippen LogP contribution in [0.2, 0.25) is 0 Å². The Bertz CT molecular complexity index is 2520. The van der Waals surface area contributed by atoms with E-state index in [0.717, 1.165) is 36.3 Å². The van der Waals surface area contributed by atoms with Gasteiger partial charge >= 0.3 is 0 Å². The maximum absolute atomic E-state index is 10.4. The standard InChI is InChI=1S/C40H42ClN2.C7H8O3S/c1-39(2)34(42(5)32-22-18-26-12-7-9-16-30(26)36(32)39)24-20-28-14-11-15-29(38(28)41)21-25-35-40(3,4)37-31-17-10-8-13-27(31)19-23-33(37)43(35)6;1-6-2-4-7(5-3-6)11(8,9)10/h7-10,12-13,16-24,35H,11,14-15,25H2,1-6H3;2-5H,1H3,(H,8,9,10)/q+1;/p-1/b24-20+,29-21+;. The highest BCUT2D eigenvalue weighted by molar-refractivity contribution is 7.85. The van der Waals surface area contributed by atoms with Gasteiger partial charge in [0.05, 0.1) is 10.3 Å². The highest BCUT2D eigenvalue weighted by Crippen LogP contribution is 2.49. The number of nitrogens with zero attached hydrogens (tertiary/aromatic N) is 2. The normalized spacial score (nSPS) is 19.8. The summed E-state index contributed by atoms with van der Waals surface area (Å²) in [6.45, 7) is 11.3. The Kier molecular flexibility index (Phi) is 10.0. The molecule has 0 amide bonds. The molecule has 0 saturated carbocycles. The minimum atomic E-state index is -4.27. The van der Waals surface area contributed by atoms with Gasteiger partial charge in [-0.15, -0.1) is 0 Å². The first-order valence-corrected chi connectivity index (χ1v) is 20.6. The number of anilines is 1. The lowest BCUT2D eigenvalue weighted by molar-refractivity contribution is -0.401. The van der Waals surface area contributed by atoms with Gasteiger partial charge in [-0.3, -0.25) is 0 Å². The monoisotopic (exact) mass is 756 g/mol. The largest absolute Gasteiger partial charge is 0.744 e. The van der Waals surface area contributed by atoms with Crippen molar-refractivity contribution in [3.63, 3.8) is 0 Å². The summed E-state index contributed by atoms with van der Waals surface area (Å²) in [6, 6.07) is 32.8. The molecule has 5 aromatic rings. The van der Waals surface area contributed by atoms with Crippen LogP contribution in [0.5, 0.6) is 0 Å². The average molecular weight is 757 g/mol. The van der Waals surface area contributed by atoms with Gasteiger partial charge in [-0.2, -0.15) is 4.58 Å². The zero-order chi connectivity index (χ0) is 38.6. The van der Waals surface area contributed by atoms with Gasteiger partial charge in [0.15, 0.2) is 5.71 Å². The van der Waals surface area contributed by atoms with Crippen LogP contribution >= 0.6 is 11.6 Å². The number of allylic oxidation sites excluding steroid dienone is 5. The third-order valence-corrected chi connectivity index (χ3v) is 13.3. The fourth-order valence-electron chi connectivity index (χ4n) is 9.08. The summed E-state index contributed by atoms with van der Waals surface area (Å²) in [5.41, 5.74) is 10.3. The minimum absolute atomic E-state index is 0.0318. The Labute approximate surface area is 325 Å². The van der Waals surface area contributed by atoms with Gasteiger partial charge in [0, 0.05) is 46.9 Å². The molecule has 0 fully saturated rings. The van der Waals surface area contributed by atoms with Crippen molar-refractivity contribution in [2.24, 2.45) is 0 Å². The second kappa shape index (κ2) is 14.3. The molecule has 2 heterocycles. The molecule has 0 N–H and O–H groups in total. The first-order chi connectivity index (χ1) is 25.6. The first kappa shape index (κ1) is 37.8. The van der Waals surface area contributed by atoms with Gasteiger partial charge in [0.1, 0.15) is 17.2 Å². The fourth-order valence-corrected chi connectivity index (χ4v) is 9.88. The highest BCUT2D eigenvalue weighted by Gasteiger charge is 2.45. The zero-order valence-electron chi connectivity index (χ0n) is 32.3. The topological polar surface area (TPSA) is 63.5 Å². The fraction of sp³-hybridized carbons (Fsp3) is 0.298. The summed E-state index contributed by atoms with van der Waals surface area (Å²) in [5, 5.41) is 6.29. The van der Waals surface area contributed by atoms with Crippen LogP contribution in [0.1, 0.15) is 70.1 Å². The van der Waals surface area contributed by atoms with E-state index in [1.807, 2.05) is 6.92 Å². The molecule has 0 radical (unpaired) electrons. The van der Waals surface area contributed by atoms with Gasteiger partial charge in [0.25, 0.3) is 0 Å². The van der Waals surface area contributed by atoms with E-state index in [2.05, 4.69) is 142 Å². The van der Waals surface area contributed by atoms with E-state index in [9.17, 15) is 13.0 Å². The zero-order valence-corrected chi connectivity index (χ0v) is 33.9. The molecule has 0 saturated heterocycles. The summed E-state index contributed by atoms with van der Waals surface area (Å²) < 4.78 is 33.5. The number of hydrogen-bond acceptors (Lipinski definition) is 4. The molecule has 8 rings (SSSR count). The molecule has 2 aliphatic heterocycles. The predicted molar refractivity (Wildman–Crippen MR) is 225 cm³/mol. The number of aryl methyl sites for hydroxylation is 1. The molecule has 5 aromatic carbocycles. The molecule has 1 atom stereocenters. The van der Waals surface area contributed by atoms with Crippen LogP contribution in [0.25, 0.3) is 21.5 Å². The molecular formula is C47H49ClN2O3S. The Balaban J connectivity index is 0.000000353. The maximum Gasteiger partial charge on any atom is 0.210 e. The van der Waals surface area contributed by atoms with Crippen LogP contribution in [0, 0.1) is 6.92 Å². The lowest BCUT2D eigenvalue weighted by Gasteiger charge is -2.32. The Hall–Kier alpha value is -4.49. The van der Waals surface area contributed by atoms with Gasteiger partial charge in [-0.1, -0.05) is 110 Å². The van der Waals surface area contributed by atoms with Crippen molar-refractivity contribution in [3.05, 3.63) is 148 Å². The van der Waals surface area contributed by atoms with Gasteiger partial charge in [-0.05, 0) is 109 Å². The van der Waals surface area contributed by atoms with E-state index >= 15 is 0 Å². The van der Waals surface area contributed by atoms with Crippen LogP contribution in [0.15, 0.2) is 136 Å². The smallest absolute Gasteiger partial charge is 0.210 e. The summed E-state index contributed by atoms with van der Waals surface area (Å²) in [7, 11) is 0.190. The molecule has 54 heavy (non-hydrogen) atoms. The number of hydrogen-bond donors (Lipinski definition) is 0.